The number of nitrogens with zero attached hydrogens (tertiary/aromatic N) is 2. The molecule has 6 rings (SSSR count). The molecule has 14 heteroatoms. The lowest BCUT2D eigenvalue weighted by atomic mass is 9.96. The van der Waals surface area contributed by atoms with Crippen molar-refractivity contribution in [3.8, 4) is 0 Å². The highest BCUT2D eigenvalue weighted by Gasteiger charge is 2.52. The topological polar surface area (TPSA) is 150 Å². The van der Waals surface area contributed by atoms with E-state index >= 15 is 0 Å². The number of esters is 1. The minimum Gasteiger partial charge on any atom is -0.461 e. The molecule has 4 heterocycles. The number of nitrogens with two attached hydrogens (primary N) is 1. The zero-order valence-electron chi connectivity index (χ0n) is 33.0. The van der Waals surface area contributed by atoms with Crippen LogP contribution in [0, 0.1) is 0 Å². The molecule has 0 unspecified atom stereocenters. The normalized spacial score (nSPS) is 25.7. The van der Waals surface area contributed by atoms with Crippen molar-refractivity contribution in [1.82, 2.24) is 15.1 Å². The summed E-state index contributed by atoms with van der Waals surface area (Å²) in [6, 6.07) is 16.8. The van der Waals surface area contributed by atoms with Gasteiger partial charge < -0.3 is 30.0 Å². The molecule has 8 atom stereocenters. The van der Waals surface area contributed by atoms with Crippen molar-refractivity contribution < 1.29 is 46.9 Å². The summed E-state index contributed by atoms with van der Waals surface area (Å²) in [5.41, 5.74) is 6.45. The predicted molar refractivity (Wildman–Crippen MR) is 216 cm³/mol. The van der Waals surface area contributed by atoms with Gasteiger partial charge in [0.05, 0.1) is 18.1 Å². The van der Waals surface area contributed by atoms with Crippen LogP contribution in [0.3, 0.4) is 0 Å². The first-order valence-electron chi connectivity index (χ1n) is 19.0. The average Bonchev–Trinajstić information content (AvgIpc) is 3.65. The van der Waals surface area contributed by atoms with Crippen molar-refractivity contribution in [1.29, 1.82) is 0 Å². The second kappa shape index (κ2) is 21.3. The van der Waals surface area contributed by atoms with Crippen molar-refractivity contribution in [2.24, 2.45) is 5.73 Å². The van der Waals surface area contributed by atoms with Crippen LogP contribution in [0.25, 0.3) is 0 Å². The Hall–Kier alpha value is -4.46. The van der Waals surface area contributed by atoms with E-state index < -0.39 is 66.0 Å². The molecule has 0 aliphatic carbocycles. The van der Waals surface area contributed by atoms with Crippen LogP contribution in [0.1, 0.15) is 113 Å². The Kier molecular flexibility index (Phi) is 18.2. The Morgan fingerprint density at radius 3 is 1.54 bits per heavy atom. The average molecular weight is 805 g/mol. The number of carbonyl (C=O) groups excluding carboxylic acids is 4. The highest BCUT2D eigenvalue weighted by atomic mass is 19.1. The number of alkyl halides is 2. The minimum atomic E-state index is -1.35. The van der Waals surface area contributed by atoms with Gasteiger partial charge >= 0.3 is 24.2 Å². The molecule has 4 bridgehead atoms. The first-order valence-corrected chi connectivity index (χ1v) is 19.0. The van der Waals surface area contributed by atoms with E-state index in [1.165, 1.54) is 11.8 Å². The molecule has 4 fully saturated rings. The summed E-state index contributed by atoms with van der Waals surface area (Å²) in [4.78, 5) is 50.0. The van der Waals surface area contributed by atoms with E-state index in [4.69, 9.17) is 24.7 Å². The molecule has 0 saturated carbocycles. The lowest BCUT2D eigenvalue weighted by Crippen LogP contribution is -2.60. The van der Waals surface area contributed by atoms with Gasteiger partial charge in [-0.05, 0) is 91.2 Å². The molecule has 320 valence electrons. The fraction of sp³-hybridized carbons (Fsp3) is 0.628. The Labute approximate surface area is 338 Å². The summed E-state index contributed by atoms with van der Waals surface area (Å²) < 4.78 is 49.6. The van der Waals surface area contributed by atoms with E-state index in [2.05, 4.69) is 5.32 Å². The van der Waals surface area contributed by atoms with Gasteiger partial charge in [-0.3, -0.25) is 14.6 Å². The van der Waals surface area contributed by atoms with Crippen LogP contribution in [0.5, 0.6) is 0 Å². The molecule has 2 aromatic rings. The number of hydrogen-bond donors (Lipinski definition) is 2. The van der Waals surface area contributed by atoms with E-state index in [9.17, 15) is 28.0 Å². The Morgan fingerprint density at radius 2 is 1.11 bits per heavy atom. The molecule has 3 amide bonds. The number of benzene rings is 2. The molecular weight excluding hydrogens is 738 g/mol. The molecule has 2 aromatic carbocycles. The first kappa shape index (κ1) is 48.7. The largest absolute Gasteiger partial charge is 0.461 e. The number of alkyl carbamates (subject to hydrolysis) is 1. The summed E-state index contributed by atoms with van der Waals surface area (Å²) in [6.07, 6.45) is -0.296. The standard InChI is InChI=1S/C20H27FN2O4.C12H21FN2O2.C9H10O2.2CH4/c1-20(2,3)27-19(25)23-14-9-10-16(23)17(21)15(11-14)22-18(24)26-12-13-7-5-4-6-8-13;1-12(2,3)17-11(16)15-7-4-5-9(15)10(13)8(14)6-7;1-8(10)11-7-9-5-3-2-4-6-9;;/h4-8,14-17H,9-12H2,1-3H3,(H,22,24);7-10H,4-6,14H2,1-3H3;2-6H,7H2,1H3;2*1H4/t14-,15+,16+,17-;7-,8+,9+,10-;;;/m11.../s1. The summed E-state index contributed by atoms with van der Waals surface area (Å²) >= 11 is 0. The maximum Gasteiger partial charge on any atom is 0.410 e. The quantitative estimate of drug-likeness (QED) is 0.224. The number of ether oxygens (including phenoxy) is 4. The Balaban J connectivity index is 0.000000320. The second-order valence-corrected chi connectivity index (χ2v) is 16.5. The molecule has 0 spiro atoms. The second-order valence-electron chi connectivity index (χ2n) is 16.5. The molecule has 0 aromatic heterocycles. The van der Waals surface area contributed by atoms with Gasteiger partial charge in [0.25, 0.3) is 0 Å². The lowest BCUT2D eigenvalue weighted by Gasteiger charge is -2.41. The number of amides is 3. The zero-order valence-corrected chi connectivity index (χ0v) is 33.0. The molecule has 0 radical (unpaired) electrons. The maximum atomic E-state index is 15.0. The third-order valence-electron chi connectivity index (χ3n) is 9.70. The lowest BCUT2D eigenvalue weighted by molar-refractivity contribution is -0.142. The van der Waals surface area contributed by atoms with Crippen LogP contribution >= 0.6 is 0 Å². The van der Waals surface area contributed by atoms with Gasteiger partial charge in [0.1, 0.15) is 36.8 Å². The summed E-state index contributed by atoms with van der Waals surface area (Å²) in [6.45, 7) is 12.7. The molecular formula is C43H66F2N4O8. The number of piperidine rings is 2. The van der Waals surface area contributed by atoms with Crippen LogP contribution in [0.2, 0.25) is 0 Å². The minimum absolute atomic E-state index is 0. The summed E-state index contributed by atoms with van der Waals surface area (Å²) in [5, 5.41) is 2.63. The van der Waals surface area contributed by atoms with Crippen molar-refractivity contribution in [2.75, 3.05) is 0 Å². The number of carbonyl (C=O) groups is 4. The van der Waals surface area contributed by atoms with Crippen LogP contribution in [0.15, 0.2) is 60.7 Å². The summed E-state index contributed by atoms with van der Waals surface area (Å²) in [5.74, 6) is -0.242. The number of rotatable bonds is 5. The van der Waals surface area contributed by atoms with Crippen LogP contribution < -0.4 is 11.1 Å². The van der Waals surface area contributed by atoms with Gasteiger partial charge in [0.2, 0.25) is 0 Å². The van der Waals surface area contributed by atoms with E-state index in [1.807, 2.05) is 81.4 Å². The van der Waals surface area contributed by atoms with Crippen molar-refractivity contribution in [3.63, 3.8) is 0 Å². The summed E-state index contributed by atoms with van der Waals surface area (Å²) in [7, 11) is 0. The van der Waals surface area contributed by atoms with E-state index in [0.29, 0.717) is 38.7 Å². The van der Waals surface area contributed by atoms with Gasteiger partial charge in [-0.2, -0.15) is 0 Å². The Bertz CT molecular complexity index is 1570. The molecule has 4 saturated heterocycles. The van der Waals surface area contributed by atoms with E-state index in [1.54, 1.807) is 25.7 Å². The van der Waals surface area contributed by atoms with Crippen LogP contribution in [-0.4, -0.2) is 93.8 Å². The molecule has 4 aliphatic heterocycles. The fourth-order valence-corrected chi connectivity index (χ4v) is 7.35. The SMILES string of the molecule is C.C.CC(=O)OCc1ccccc1.CC(C)(C)OC(=O)N1[C@@H]2CC[C@H]1[C@H](F)[C@@H](N)C2.CC(C)(C)OC(=O)N1[C@@H]2CC[C@H]1[C@H](F)[C@@H](NC(=O)OCc1ccccc1)C2. The zero-order chi connectivity index (χ0) is 40.5. The van der Waals surface area contributed by atoms with E-state index in [0.717, 1.165) is 17.5 Å². The van der Waals surface area contributed by atoms with Crippen molar-refractivity contribution in [3.05, 3.63) is 71.8 Å². The maximum absolute atomic E-state index is 15.0. The number of nitrogens with one attached hydrogen (secondary N) is 1. The van der Waals surface area contributed by atoms with Gasteiger partial charge in [-0.1, -0.05) is 75.5 Å². The van der Waals surface area contributed by atoms with Gasteiger partial charge in [0, 0.05) is 25.0 Å². The van der Waals surface area contributed by atoms with Gasteiger partial charge in [-0.15, -0.1) is 0 Å². The Morgan fingerprint density at radius 1 is 0.684 bits per heavy atom. The van der Waals surface area contributed by atoms with Crippen LogP contribution in [0.4, 0.5) is 23.2 Å². The molecule has 12 nitrogen and oxygen atoms in total. The highest BCUT2D eigenvalue weighted by Crippen LogP contribution is 2.39. The monoisotopic (exact) mass is 804 g/mol. The number of fused-ring (bicyclic) bond motifs is 4. The molecule has 3 N–H and O–H groups in total. The first-order chi connectivity index (χ1) is 25.8. The third-order valence-corrected chi connectivity index (χ3v) is 9.70. The molecule has 4 aliphatic rings. The van der Waals surface area contributed by atoms with Crippen molar-refractivity contribution >= 4 is 24.2 Å². The van der Waals surface area contributed by atoms with Crippen molar-refractivity contribution in [2.45, 2.75) is 175 Å². The predicted octanol–water partition coefficient (Wildman–Crippen LogP) is 8.64. The smallest absolute Gasteiger partial charge is 0.410 e. The highest BCUT2D eigenvalue weighted by molar-refractivity contribution is 5.71. The number of halogens is 2. The van der Waals surface area contributed by atoms with Gasteiger partial charge in [0.15, 0.2) is 0 Å². The molecule has 57 heavy (non-hydrogen) atoms. The van der Waals surface area contributed by atoms with Gasteiger partial charge in [-0.25, -0.2) is 23.2 Å². The van der Waals surface area contributed by atoms with E-state index in [-0.39, 0.29) is 39.5 Å². The number of hydrogen-bond acceptors (Lipinski definition) is 9. The third kappa shape index (κ3) is 14.5. The fourth-order valence-electron chi connectivity index (χ4n) is 7.35. The van der Waals surface area contributed by atoms with Crippen LogP contribution in [-0.2, 0) is 37.0 Å².